The van der Waals surface area contributed by atoms with Gasteiger partial charge in [-0.05, 0) is 24.1 Å². The number of para-hydroxylation sites is 1. The first-order chi connectivity index (χ1) is 14.7. The van der Waals surface area contributed by atoms with E-state index >= 15 is 0 Å². The van der Waals surface area contributed by atoms with Crippen molar-refractivity contribution < 1.29 is 9.84 Å². The molecule has 0 radical (unpaired) electrons. The van der Waals surface area contributed by atoms with Gasteiger partial charge >= 0.3 is 0 Å². The van der Waals surface area contributed by atoms with Crippen LogP contribution in [0, 0.1) is 5.92 Å². The summed E-state index contributed by atoms with van der Waals surface area (Å²) in [6.07, 6.45) is 13.2. The summed E-state index contributed by atoms with van der Waals surface area (Å²) in [5.74, 6) is 0.414. The average Bonchev–Trinajstić information content (AvgIpc) is 3.58. The molecule has 1 aliphatic rings. The van der Waals surface area contributed by atoms with Crippen LogP contribution in [0.1, 0.15) is 23.6 Å². The molecule has 0 amide bonds. The van der Waals surface area contributed by atoms with E-state index in [2.05, 4.69) is 61.6 Å². The minimum atomic E-state index is 0.120. The molecular weight excluding hydrogens is 368 g/mol. The standard InChI is InChI=1S/C25H22O.C3H6O/c26-25-14-8-7-13-24(25)20-19-23(17-15-21-9-3-1-4-10-21)18-16-22-11-5-2-6-12-22;1-3-2-4-3/h1-20,23,26H;3H,2H2,1H3. The van der Waals surface area contributed by atoms with E-state index in [-0.39, 0.29) is 5.92 Å². The monoisotopic (exact) mass is 396 g/mol. The van der Waals surface area contributed by atoms with Gasteiger partial charge in [-0.2, -0.15) is 0 Å². The molecule has 1 unspecified atom stereocenters. The van der Waals surface area contributed by atoms with E-state index in [9.17, 15) is 5.11 Å². The van der Waals surface area contributed by atoms with Crippen LogP contribution in [-0.2, 0) is 4.74 Å². The normalized spacial score (nSPS) is 16.5. The van der Waals surface area contributed by atoms with E-state index < -0.39 is 0 Å². The number of phenolic OH excluding ortho intramolecular Hbond substituents is 1. The third-order valence-corrected chi connectivity index (χ3v) is 4.56. The van der Waals surface area contributed by atoms with Crippen LogP contribution in [-0.4, -0.2) is 17.8 Å². The summed E-state index contributed by atoms with van der Waals surface area (Å²) in [6, 6.07) is 27.9. The van der Waals surface area contributed by atoms with Gasteiger partial charge < -0.3 is 9.84 Å². The Kier molecular flexibility index (Phi) is 8.25. The van der Waals surface area contributed by atoms with Gasteiger partial charge in [0.2, 0.25) is 0 Å². The van der Waals surface area contributed by atoms with E-state index in [1.54, 1.807) is 6.07 Å². The summed E-state index contributed by atoms with van der Waals surface area (Å²) in [5, 5.41) is 9.95. The third kappa shape index (κ3) is 7.94. The highest BCUT2D eigenvalue weighted by Gasteiger charge is 2.13. The van der Waals surface area contributed by atoms with Crippen LogP contribution in [0.4, 0.5) is 0 Å². The third-order valence-electron chi connectivity index (χ3n) is 4.56. The molecule has 0 bridgehead atoms. The lowest BCUT2D eigenvalue weighted by molar-refractivity contribution is 0.423. The molecule has 1 fully saturated rings. The molecular formula is C28H28O2. The lowest BCUT2D eigenvalue weighted by Gasteiger charge is -2.03. The molecule has 0 aromatic heterocycles. The first-order valence-corrected chi connectivity index (χ1v) is 10.2. The Morgan fingerprint density at radius 2 is 1.17 bits per heavy atom. The minimum Gasteiger partial charge on any atom is -0.507 e. The highest BCUT2D eigenvalue weighted by atomic mass is 16.6. The van der Waals surface area contributed by atoms with Gasteiger partial charge in [-0.15, -0.1) is 0 Å². The molecule has 1 aliphatic heterocycles. The highest BCUT2D eigenvalue weighted by molar-refractivity contribution is 5.59. The Bertz CT molecular complexity index is 918. The molecule has 3 aromatic rings. The number of phenols is 1. The van der Waals surface area contributed by atoms with E-state index in [0.717, 1.165) is 12.2 Å². The zero-order valence-electron chi connectivity index (χ0n) is 17.3. The minimum absolute atomic E-state index is 0.120. The Morgan fingerprint density at radius 3 is 1.63 bits per heavy atom. The molecule has 0 saturated carbocycles. The van der Waals surface area contributed by atoms with E-state index in [1.165, 1.54) is 11.1 Å². The summed E-state index contributed by atoms with van der Waals surface area (Å²) < 4.78 is 4.71. The topological polar surface area (TPSA) is 32.8 Å². The zero-order valence-corrected chi connectivity index (χ0v) is 17.3. The molecule has 2 heteroatoms. The van der Waals surface area contributed by atoms with Crippen LogP contribution in [0.3, 0.4) is 0 Å². The van der Waals surface area contributed by atoms with Crippen LogP contribution in [0.25, 0.3) is 18.2 Å². The van der Waals surface area contributed by atoms with Gasteiger partial charge in [-0.3, -0.25) is 0 Å². The average molecular weight is 397 g/mol. The fourth-order valence-electron chi connectivity index (χ4n) is 2.70. The maximum Gasteiger partial charge on any atom is 0.122 e. The Morgan fingerprint density at radius 1 is 0.733 bits per heavy atom. The second kappa shape index (κ2) is 11.6. The van der Waals surface area contributed by atoms with Crippen LogP contribution in [0.2, 0.25) is 0 Å². The number of allylic oxidation sites excluding steroid dienone is 3. The molecule has 1 atom stereocenters. The Labute approximate surface area is 179 Å². The predicted molar refractivity (Wildman–Crippen MR) is 127 cm³/mol. The number of benzene rings is 3. The molecule has 30 heavy (non-hydrogen) atoms. The number of hydrogen-bond donors (Lipinski definition) is 1. The van der Waals surface area contributed by atoms with Gasteiger partial charge in [0.1, 0.15) is 5.75 Å². The molecule has 0 spiro atoms. The lowest BCUT2D eigenvalue weighted by Crippen LogP contribution is -1.86. The molecule has 2 nitrogen and oxygen atoms in total. The van der Waals surface area contributed by atoms with Gasteiger partial charge in [-0.1, -0.05) is 115 Å². The number of aromatic hydroxyl groups is 1. The summed E-state index contributed by atoms with van der Waals surface area (Å²) in [7, 11) is 0. The van der Waals surface area contributed by atoms with Gasteiger partial charge in [0.05, 0.1) is 12.7 Å². The number of epoxide rings is 1. The lowest BCUT2D eigenvalue weighted by atomic mass is 10.0. The van der Waals surface area contributed by atoms with Crippen molar-refractivity contribution >= 4 is 18.2 Å². The second-order valence-electron chi connectivity index (χ2n) is 7.18. The largest absolute Gasteiger partial charge is 0.507 e. The van der Waals surface area contributed by atoms with Crippen molar-refractivity contribution in [1.29, 1.82) is 0 Å². The smallest absolute Gasteiger partial charge is 0.122 e. The number of ether oxygens (including phenoxy) is 1. The maximum absolute atomic E-state index is 9.95. The van der Waals surface area contributed by atoms with Gasteiger partial charge in [0.15, 0.2) is 0 Å². The van der Waals surface area contributed by atoms with Crippen molar-refractivity contribution in [2.45, 2.75) is 13.0 Å². The molecule has 3 aromatic carbocycles. The zero-order chi connectivity index (χ0) is 21.0. The molecule has 1 N–H and O–H groups in total. The van der Waals surface area contributed by atoms with Gasteiger partial charge in [-0.25, -0.2) is 0 Å². The van der Waals surface area contributed by atoms with Crippen LogP contribution < -0.4 is 0 Å². The summed E-state index contributed by atoms with van der Waals surface area (Å²) in [6.45, 7) is 3.04. The second-order valence-corrected chi connectivity index (χ2v) is 7.18. The predicted octanol–water partition coefficient (Wildman–Crippen LogP) is 6.85. The quantitative estimate of drug-likeness (QED) is 0.462. The van der Waals surface area contributed by atoms with Crippen LogP contribution >= 0.6 is 0 Å². The summed E-state index contributed by atoms with van der Waals surface area (Å²) in [4.78, 5) is 0. The SMILES string of the molecule is CC1CO1.Oc1ccccc1C=CC(C=Cc1ccccc1)C=Cc1ccccc1. The first kappa shape index (κ1) is 21.4. The van der Waals surface area contributed by atoms with Gasteiger partial charge in [0, 0.05) is 11.5 Å². The van der Waals surface area contributed by atoms with Crippen molar-refractivity contribution in [1.82, 2.24) is 0 Å². The Balaban J connectivity index is 0.000000572. The van der Waals surface area contributed by atoms with Crippen molar-refractivity contribution in [3.63, 3.8) is 0 Å². The molecule has 1 saturated heterocycles. The summed E-state index contributed by atoms with van der Waals surface area (Å²) in [5.41, 5.74) is 3.15. The summed E-state index contributed by atoms with van der Waals surface area (Å²) >= 11 is 0. The number of hydrogen-bond acceptors (Lipinski definition) is 2. The first-order valence-electron chi connectivity index (χ1n) is 10.2. The molecule has 4 rings (SSSR count). The van der Waals surface area contributed by atoms with E-state index in [1.807, 2.05) is 60.7 Å². The van der Waals surface area contributed by atoms with E-state index in [4.69, 9.17) is 4.74 Å². The maximum atomic E-state index is 9.95. The fraction of sp³-hybridized carbons (Fsp3) is 0.143. The molecule has 152 valence electrons. The van der Waals surface area contributed by atoms with Crippen LogP contribution in [0.5, 0.6) is 5.75 Å². The van der Waals surface area contributed by atoms with Gasteiger partial charge in [0.25, 0.3) is 0 Å². The van der Waals surface area contributed by atoms with Crippen molar-refractivity contribution in [2.75, 3.05) is 6.61 Å². The van der Waals surface area contributed by atoms with Crippen LogP contribution in [0.15, 0.2) is 103 Å². The Hall–Kier alpha value is -3.36. The highest BCUT2D eigenvalue weighted by Crippen LogP contribution is 2.19. The van der Waals surface area contributed by atoms with Crippen molar-refractivity contribution in [2.24, 2.45) is 5.92 Å². The van der Waals surface area contributed by atoms with Crippen molar-refractivity contribution in [3.05, 3.63) is 120 Å². The molecule has 1 heterocycles. The fourth-order valence-corrected chi connectivity index (χ4v) is 2.70. The van der Waals surface area contributed by atoms with Crippen molar-refractivity contribution in [3.8, 4) is 5.75 Å². The molecule has 0 aliphatic carbocycles. The van der Waals surface area contributed by atoms with E-state index in [0.29, 0.717) is 11.9 Å². The number of rotatable bonds is 6.